The lowest BCUT2D eigenvalue weighted by Gasteiger charge is -2.09. The summed E-state index contributed by atoms with van der Waals surface area (Å²) in [6.07, 6.45) is 0. The molecule has 0 spiro atoms. The Bertz CT molecular complexity index is 369. The van der Waals surface area contributed by atoms with Gasteiger partial charge in [-0.15, -0.1) is 0 Å². The van der Waals surface area contributed by atoms with E-state index in [0.29, 0.717) is 23.3 Å². The summed E-state index contributed by atoms with van der Waals surface area (Å²) in [5.41, 5.74) is 2.30. The van der Waals surface area contributed by atoms with Gasteiger partial charge in [-0.1, -0.05) is 31.5 Å². The van der Waals surface area contributed by atoms with Gasteiger partial charge in [-0.3, -0.25) is 9.63 Å². The summed E-state index contributed by atoms with van der Waals surface area (Å²) in [5.74, 6) is 0.589. The van der Waals surface area contributed by atoms with E-state index >= 15 is 0 Å². The van der Waals surface area contributed by atoms with Crippen molar-refractivity contribution < 1.29 is 14.4 Å². The van der Waals surface area contributed by atoms with Crippen molar-refractivity contribution in [2.24, 2.45) is 5.92 Å². The summed E-state index contributed by atoms with van der Waals surface area (Å²) in [6, 6.07) is 6.86. The van der Waals surface area contributed by atoms with Gasteiger partial charge in [0.1, 0.15) is 5.75 Å². The van der Waals surface area contributed by atoms with E-state index in [0.717, 1.165) is 0 Å². The first-order valence-electron chi connectivity index (χ1n) is 5.37. The van der Waals surface area contributed by atoms with Crippen molar-refractivity contribution in [2.45, 2.75) is 13.8 Å². The zero-order chi connectivity index (χ0) is 12.7. The Hall–Kier alpha value is -1.26. The summed E-state index contributed by atoms with van der Waals surface area (Å²) in [4.78, 5) is 16.3. The smallest absolute Gasteiger partial charge is 0.281 e. The Morgan fingerprint density at radius 3 is 2.88 bits per heavy atom. The first kappa shape index (κ1) is 13.8. The molecule has 0 aliphatic carbocycles. The lowest BCUT2D eigenvalue weighted by Crippen LogP contribution is -2.30. The number of benzene rings is 1. The largest absolute Gasteiger partial charge is 0.484 e. The van der Waals surface area contributed by atoms with Gasteiger partial charge in [0.25, 0.3) is 5.91 Å². The van der Waals surface area contributed by atoms with Crippen LogP contribution < -0.4 is 10.2 Å². The number of hydrogen-bond donors (Lipinski definition) is 1. The molecule has 1 N–H and O–H groups in total. The number of amides is 1. The van der Waals surface area contributed by atoms with Crippen molar-refractivity contribution in [2.75, 3.05) is 13.2 Å². The van der Waals surface area contributed by atoms with Gasteiger partial charge in [0.2, 0.25) is 0 Å². The third-order valence-corrected chi connectivity index (χ3v) is 2.00. The molecule has 0 bridgehead atoms. The molecule has 5 heteroatoms. The number of ether oxygens (including phenoxy) is 1. The fourth-order valence-electron chi connectivity index (χ4n) is 1.02. The average Bonchev–Trinajstić information content (AvgIpc) is 2.26. The number of halogens is 1. The number of carbonyl (C=O) groups is 1. The molecule has 4 nitrogen and oxygen atoms in total. The lowest BCUT2D eigenvalue weighted by molar-refractivity contribution is -0.136. The highest BCUT2D eigenvalue weighted by molar-refractivity contribution is 6.30. The monoisotopic (exact) mass is 257 g/mol. The zero-order valence-electron chi connectivity index (χ0n) is 9.90. The lowest BCUT2D eigenvalue weighted by atomic mass is 10.2. The second-order valence-corrected chi connectivity index (χ2v) is 4.41. The van der Waals surface area contributed by atoms with Crippen LogP contribution in [0.1, 0.15) is 13.8 Å². The molecule has 0 aliphatic heterocycles. The summed E-state index contributed by atoms with van der Waals surface area (Å²) in [5, 5.41) is 0.568. The van der Waals surface area contributed by atoms with Crippen molar-refractivity contribution in [3.63, 3.8) is 0 Å². The molecule has 0 fully saturated rings. The van der Waals surface area contributed by atoms with Crippen LogP contribution in [-0.4, -0.2) is 19.1 Å². The van der Waals surface area contributed by atoms with Crippen LogP contribution in [0.15, 0.2) is 24.3 Å². The van der Waals surface area contributed by atoms with Crippen LogP contribution in [0.2, 0.25) is 5.02 Å². The van der Waals surface area contributed by atoms with Gasteiger partial charge in [-0.2, -0.15) is 0 Å². The minimum Gasteiger partial charge on any atom is -0.484 e. The van der Waals surface area contributed by atoms with E-state index in [1.807, 2.05) is 13.8 Å². The van der Waals surface area contributed by atoms with Gasteiger partial charge in [-0.25, -0.2) is 5.48 Å². The quantitative estimate of drug-likeness (QED) is 0.797. The molecule has 0 saturated carbocycles. The van der Waals surface area contributed by atoms with E-state index in [2.05, 4.69) is 5.48 Å². The Balaban J connectivity index is 2.24. The van der Waals surface area contributed by atoms with Crippen molar-refractivity contribution in [3.05, 3.63) is 29.3 Å². The second kappa shape index (κ2) is 7.14. The molecule has 1 rings (SSSR count). The fraction of sp³-hybridized carbons (Fsp3) is 0.417. The topological polar surface area (TPSA) is 47.6 Å². The number of rotatable bonds is 6. The van der Waals surface area contributed by atoms with Crippen molar-refractivity contribution in [1.29, 1.82) is 0 Å². The SMILES string of the molecule is CC(C)CONC(=O)COc1cccc(Cl)c1. The van der Waals surface area contributed by atoms with E-state index in [-0.39, 0.29) is 12.5 Å². The Kier molecular flexibility index (Phi) is 5.80. The Labute approximate surface area is 106 Å². The third kappa shape index (κ3) is 6.14. The molecule has 0 aliphatic rings. The molecule has 94 valence electrons. The summed E-state index contributed by atoms with van der Waals surface area (Å²) >= 11 is 5.77. The van der Waals surface area contributed by atoms with Gasteiger partial charge >= 0.3 is 0 Å². The maximum absolute atomic E-state index is 11.3. The van der Waals surface area contributed by atoms with Gasteiger partial charge in [0.15, 0.2) is 6.61 Å². The molecule has 1 aromatic carbocycles. The summed E-state index contributed by atoms with van der Waals surface area (Å²) < 4.78 is 5.23. The number of carbonyl (C=O) groups excluding carboxylic acids is 1. The van der Waals surface area contributed by atoms with Crippen LogP contribution in [-0.2, 0) is 9.63 Å². The van der Waals surface area contributed by atoms with Crippen molar-refractivity contribution in [1.82, 2.24) is 5.48 Å². The molecule has 0 atom stereocenters. The van der Waals surface area contributed by atoms with E-state index in [9.17, 15) is 4.79 Å². The molecule has 0 heterocycles. The molecular weight excluding hydrogens is 242 g/mol. The minimum absolute atomic E-state index is 0.0988. The van der Waals surface area contributed by atoms with E-state index in [4.69, 9.17) is 21.2 Å². The second-order valence-electron chi connectivity index (χ2n) is 3.98. The van der Waals surface area contributed by atoms with Crippen molar-refractivity contribution >= 4 is 17.5 Å². The predicted octanol–water partition coefficient (Wildman–Crippen LogP) is 2.42. The number of nitrogens with one attached hydrogen (secondary N) is 1. The van der Waals surface area contributed by atoms with Gasteiger partial charge in [0, 0.05) is 5.02 Å². The predicted molar refractivity (Wildman–Crippen MR) is 65.9 cm³/mol. The fourth-order valence-corrected chi connectivity index (χ4v) is 1.20. The Morgan fingerprint density at radius 2 is 2.24 bits per heavy atom. The summed E-state index contributed by atoms with van der Waals surface area (Å²) in [7, 11) is 0. The van der Waals surface area contributed by atoms with E-state index in [1.165, 1.54) is 0 Å². The molecule has 0 aromatic heterocycles. The standard InChI is InChI=1S/C12H16ClNO3/c1-9(2)7-17-14-12(15)8-16-11-5-3-4-10(13)6-11/h3-6,9H,7-8H2,1-2H3,(H,14,15). The van der Waals surface area contributed by atoms with Crippen LogP contribution in [0, 0.1) is 5.92 Å². The van der Waals surface area contributed by atoms with Crippen LogP contribution in [0.4, 0.5) is 0 Å². The van der Waals surface area contributed by atoms with Crippen LogP contribution in [0.25, 0.3) is 0 Å². The minimum atomic E-state index is -0.328. The highest BCUT2D eigenvalue weighted by Gasteiger charge is 2.03. The van der Waals surface area contributed by atoms with E-state index < -0.39 is 0 Å². The first-order valence-corrected chi connectivity index (χ1v) is 5.74. The molecule has 0 radical (unpaired) electrons. The molecule has 1 amide bonds. The number of hydrogen-bond acceptors (Lipinski definition) is 3. The van der Waals surface area contributed by atoms with Gasteiger partial charge < -0.3 is 4.74 Å². The summed E-state index contributed by atoms with van der Waals surface area (Å²) in [6.45, 7) is 4.37. The third-order valence-electron chi connectivity index (χ3n) is 1.77. The maximum atomic E-state index is 11.3. The van der Waals surface area contributed by atoms with Crippen LogP contribution in [0.5, 0.6) is 5.75 Å². The van der Waals surface area contributed by atoms with Gasteiger partial charge in [0.05, 0.1) is 6.61 Å². The van der Waals surface area contributed by atoms with Crippen molar-refractivity contribution in [3.8, 4) is 5.75 Å². The zero-order valence-corrected chi connectivity index (χ0v) is 10.7. The normalized spacial score (nSPS) is 10.4. The van der Waals surface area contributed by atoms with Gasteiger partial charge in [-0.05, 0) is 24.1 Å². The Morgan fingerprint density at radius 1 is 1.47 bits per heavy atom. The molecule has 0 saturated heterocycles. The first-order chi connectivity index (χ1) is 8.08. The molecule has 1 aromatic rings. The average molecular weight is 258 g/mol. The maximum Gasteiger partial charge on any atom is 0.281 e. The highest BCUT2D eigenvalue weighted by atomic mass is 35.5. The van der Waals surface area contributed by atoms with Crippen LogP contribution >= 0.6 is 11.6 Å². The molecule has 0 unspecified atom stereocenters. The highest BCUT2D eigenvalue weighted by Crippen LogP contribution is 2.16. The number of hydroxylamine groups is 1. The molecule has 17 heavy (non-hydrogen) atoms. The molecular formula is C12H16ClNO3. The van der Waals surface area contributed by atoms with Crippen LogP contribution in [0.3, 0.4) is 0 Å². The van der Waals surface area contributed by atoms with E-state index in [1.54, 1.807) is 24.3 Å².